The van der Waals surface area contributed by atoms with E-state index in [9.17, 15) is 51.9 Å². The molecule has 0 amide bonds. The van der Waals surface area contributed by atoms with Gasteiger partial charge in [-0.15, -0.1) is 8.78 Å². The summed E-state index contributed by atoms with van der Waals surface area (Å²) in [5.74, 6) is 19.4. The van der Waals surface area contributed by atoms with E-state index in [1.54, 1.807) is 54.2 Å². The van der Waals surface area contributed by atoms with Crippen molar-refractivity contribution < 1.29 is 66.9 Å². The number of methoxy groups -OCH3 is 1. The Balaban J connectivity index is 0.000000156. The van der Waals surface area contributed by atoms with Gasteiger partial charge in [-0.3, -0.25) is 43.2 Å². The number of alkyl halides is 2. The fourth-order valence-corrected chi connectivity index (χ4v) is 38.1. The van der Waals surface area contributed by atoms with E-state index in [0.29, 0.717) is 113 Å². The number of aliphatic hydroxyl groups is 1. The number of phenolic OH excluding ortho intramolecular Hbond substituents is 1. The standard InChI is InChI=1S/C20H23OS2.C18H25OS.C18H19OS.C14H17OS.C13H17O3S.C12H13F2OS.C12H14O2S.C12H17O2S/c1-20(2,23-14-6-7-15-23)19(21)16-10-12-18(13-11-16)22-17-8-4-3-5-9-17;2*19-17(15-9-3-1-4-10-15)18(20-13-7-8-14-20)16-11-5-2-6-12-16;15-14-12-6-2-1-5-11(12)7-8-13(14)16-9-3-4-10-16;1-16-13(15)8-9-17(2)10-12(14)11-6-4-3-5-7-11;13-12(14,16-8-4-5-9-16)11(15)10-6-2-1-3-7-10;13-11-5-3-10(4-6-11)12(14)9-15-7-1-2-8-15;1-2-15(9-8-13)10-12(14)11-6-4-3-5-7-11/h3-5,8-13H,6-7,14-15H2,1-2H3;1,3-4,9-10,16,18H,2,5-8,11-14H2;1-6,9-12,18H,7-8,13-14H2;1-2,5-6,13H,3-4,7-10H2;3-7H,8-10H2,1-2H3;1-3,6-7H,4-5,8-9H2;3-6H,1-2,7-9H2;3-7,13H,2,8-10H2,1H3/q6*+1;;+1/p+1. The van der Waals surface area contributed by atoms with Crippen LogP contribution in [0.1, 0.15) is 242 Å². The second-order valence-electron chi connectivity index (χ2n) is 37.1. The van der Waals surface area contributed by atoms with E-state index in [4.69, 9.17) is 10.2 Å². The number of fused-ring (bicyclic) bond motifs is 1. The molecule has 2 N–H and O–H groups in total. The summed E-state index contributed by atoms with van der Waals surface area (Å²) in [6, 6.07) is 89.7. The molecule has 0 bridgehead atoms. The number of esters is 1. The number of carbonyl (C=O) groups is 9. The quantitative estimate of drug-likeness (QED) is 0.0229. The van der Waals surface area contributed by atoms with Crippen molar-refractivity contribution in [2.24, 2.45) is 5.92 Å². The predicted octanol–water partition coefficient (Wildman–Crippen LogP) is 24.1. The number of hydrogen-bond donors (Lipinski definition) is 2. The number of aryl methyl sites for hydroxylation is 1. The minimum Gasteiger partial charge on any atom is -0.508 e. The van der Waals surface area contributed by atoms with Crippen LogP contribution in [0.15, 0.2) is 295 Å². The highest BCUT2D eigenvalue weighted by molar-refractivity contribution is 8.00. The highest BCUT2D eigenvalue weighted by Gasteiger charge is 2.58. The van der Waals surface area contributed by atoms with Crippen molar-refractivity contribution in [3.05, 3.63) is 341 Å². The molecule has 8 aliphatic rings. The van der Waals surface area contributed by atoms with Gasteiger partial charge in [0.05, 0.1) is 37.3 Å². The third-order valence-corrected chi connectivity index (χ3v) is 48.2. The van der Waals surface area contributed by atoms with Crippen molar-refractivity contribution >= 4 is 151 Å². The van der Waals surface area contributed by atoms with Gasteiger partial charge in [-0.05, 0) is 226 Å². The van der Waals surface area contributed by atoms with Crippen LogP contribution in [0.25, 0.3) is 0 Å². The molecular formula is C119H146F2O12S9+8. The molecule has 6 aliphatic heterocycles. The molecule has 142 heavy (non-hydrogen) atoms. The molecule has 754 valence electrons. The lowest BCUT2D eigenvalue weighted by molar-refractivity contribution is -0.140. The number of ether oxygens (including phenoxy) is 1. The largest absolute Gasteiger partial charge is 0.508 e. The first-order valence-corrected chi connectivity index (χ1v) is 64.8. The van der Waals surface area contributed by atoms with Crippen LogP contribution < -0.4 is 0 Å². The van der Waals surface area contributed by atoms with Crippen LogP contribution in [0, 0.1) is 5.92 Å². The smallest absolute Gasteiger partial charge is 0.474 e. The topological polar surface area (TPSA) is 203 Å². The monoisotopic (exact) mass is 2090 g/mol. The van der Waals surface area contributed by atoms with E-state index in [1.807, 2.05) is 194 Å². The number of halogens is 2. The molecule has 10 aromatic carbocycles. The Bertz CT molecular complexity index is 5460. The van der Waals surface area contributed by atoms with Crippen LogP contribution in [0.2, 0.25) is 0 Å². The second-order valence-corrected chi connectivity index (χ2v) is 57.7. The van der Waals surface area contributed by atoms with Gasteiger partial charge in [-0.1, -0.05) is 268 Å². The lowest BCUT2D eigenvalue weighted by Crippen LogP contribution is -2.41. The van der Waals surface area contributed by atoms with E-state index in [0.717, 1.165) is 76.1 Å². The SMILES string of the molecule is CC(C)(C(=O)c1ccc(Sc2ccccc2)cc1)[S+]1CCCC1.CC[S+](CCO)CC(=O)c1ccccc1.COC(=O)CC[S+](C)CC(=O)c1ccccc1.O=C(C[S+]1CCCC1)c1ccc(O)cc1.O=C(c1ccccc1)C(C1CCCCC1)[S+]1CCCC1.O=C(c1ccccc1)C(F)(F)[S+]1CCCC1.O=C(c1ccccc1)C(c1ccccc1)[S+]1CCCC1.O=C1c2ccccc2CCC1[S+]1CCCC1. The van der Waals surface area contributed by atoms with Crippen molar-refractivity contribution in [2.75, 3.05) is 124 Å². The van der Waals surface area contributed by atoms with Gasteiger partial charge in [-0.2, -0.15) is 0 Å². The van der Waals surface area contributed by atoms with E-state index >= 15 is 0 Å². The third kappa shape index (κ3) is 36.1. The van der Waals surface area contributed by atoms with Gasteiger partial charge >= 0.3 is 11.2 Å². The maximum atomic E-state index is 13.9. The molecule has 5 unspecified atom stereocenters. The molecule has 7 fully saturated rings. The molecule has 18 rings (SSSR count). The number of aliphatic hydroxyl groups excluding tert-OH is 1. The van der Waals surface area contributed by atoms with E-state index in [1.165, 1.54) is 194 Å². The van der Waals surface area contributed by atoms with Crippen LogP contribution in [-0.2, 0) is 103 Å². The first kappa shape index (κ1) is 114. The summed E-state index contributed by atoms with van der Waals surface area (Å²) in [7, 11) is 1.82. The van der Waals surface area contributed by atoms with Gasteiger partial charge in [0.2, 0.25) is 45.7 Å². The molecule has 6 heterocycles. The molecule has 23 heteroatoms. The van der Waals surface area contributed by atoms with Crippen molar-refractivity contribution in [2.45, 2.75) is 185 Å². The van der Waals surface area contributed by atoms with Gasteiger partial charge < -0.3 is 14.9 Å². The normalized spacial score (nSPS) is 17.5. The lowest BCUT2D eigenvalue weighted by Gasteiger charge is -2.27. The zero-order chi connectivity index (χ0) is 101. The van der Waals surface area contributed by atoms with Crippen LogP contribution in [0.5, 0.6) is 5.75 Å². The third-order valence-electron chi connectivity index (χ3n) is 26.6. The van der Waals surface area contributed by atoms with Crippen molar-refractivity contribution in [1.82, 2.24) is 0 Å². The average Bonchev–Trinajstić information content (AvgIpc) is 1.53. The van der Waals surface area contributed by atoms with Gasteiger partial charge in [0, 0.05) is 94.0 Å². The van der Waals surface area contributed by atoms with Crippen LogP contribution in [-0.4, -0.2) is 206 Å². The molecule has 0 aromatic heterocycles. The van der Waals surface area contributed by atoms with Crippen molar-refractivity contribution in [3.8, 4) is 5.75 Å². The van der Waals surface area contributed by atoms with Gasteiger partial charge in [0.15, 0.2) is 32.5 Å². The molecule has 0 spiro atoms. The maximum Gasteiger partial charge on any atom is 0.474 e. The Hall–Kier alpha value is -8.20. The molecular weight excluding hydrogens is 1950 g/mol. The highest BCUT2D eigenvalue weighted by Crippen LogP contribution is 2.40. The van der Waals surface area contributed by atoms with Crippen LogP contribution in [0.4, 0.5) is 8.78 Å². The minimum atomic E-state index is -3.17. The molecule has 10 aromatic rings. The molecule has 6 saturated heterocycles. The van der Waals surface area contributed by atoms with E-state index in [-0.39, 0.29) is 94.8 Å². The molecule has 0 radical (unpaired) electrons. The van der Waals surface area contributed by atoms with Crippen molar-refractivity contribution in [3.63, 3.8) is 0 Å². The Kier molecular flexibility index (Phi) is 49.4. The number of aromatic hydroxyl groups is 1. The average molecular weight is 2100 g/mol. The molecule has 2 aliphatic carbocycles. The Morgan fingerprint density at radius 3 is 1.38 bits per heavy atom. The maximum absolute atomic E-state index is 13.9. The zero-order valence-electron chi connectivity index (χ0n) is 83.4. The second kappa shape index (κ2) is 61.4. The number of hydrogen-bond acceptors (Lipinski definition) is 13. The Morgan fingerprint density at radius 2 is 0.859 bits per heavy atom. The summed E-state index contributed by atoms with van der Waals surface area (Å²) in [6.45, 7) is 6.52. The Labute approximate surface area is 871 Å². The predicted molar refractivity (Wildman–Crippen MR) is 606 cm³/mol. The first-order valence-electron chi connectivity index (χ1n) is 50.5. The summed E-state index contributed by atoms with van der Waals surface area (Å²) in [5, 5.41) is 15.5. The summed E-state index contributed by atoms with van der Waals surface area (Å²) < 4.78 is 32.1. The minimum absolute atomic E-state index is 0.0384. The number of carbonyl (C=O) groups excluding carboxylic acids is 9. The van der Waals surface area contributed by atoms with Gasteiger partial charge in [-0.25, -0.2) is 0 Å². The first-order chi connectivity index (χ1) is 68.9. The zero-order valence-corrected chi connectivity index (χ0v) is 90.8. The number of benzene rings is 10. The van der Waals surface area contributed by atoms with Gasteiger partial charge in [0.25, 0.3) is 5.78 Å². The van der Waals surface area contributed by atoms with Crippen molar-refractivity contribution in [1.29, 1.82) is 0 Å². The lowest BCUT2D eigenvalue weighted by atomic mass is 9.84. The summed E-state index contributed by atoms with van der Waals surface area (Å²) >= 11 is 1.73. The fraction of sp³-hybridized carbons (Fsp3) is 0.420. The number of rotatable bonds is 32. The van der Waals surface area contributed by atoms with Crippen LogP contribution >= 0.6 is 11.8 Å². The highest BCUT2D eigenvalue weighted by atomic mass is 32.2. The van der Waals surface area contributed by atoms with E-state index < -0.39 is 21.9 Å². The summed E-state index contributed by atoms with van der Waals surface area (Å²) in [6.07, 6.45) is 25.9. The van der Waals surface area contributed by atoms with Gasteiger partial charge in [0.1, 0.15) is 92.0 Å². The van der Waals surface area contributed by atoms with E-state index in [2.05, 4.69) is 68.0 Å². The number of Topliss-reactive ketones (excluding diaryl/α,β-unsaturated/α-hetero) is 8. The molecule has 5 atom stereocenters. The number of ketones is 8. The summed E-state index contributed by atoms with van der Waals surface area (Å²) in [4.78, 5) is 112. The Morgan fingerprint density at radius 1 is 0.437 bits per heavy atom. The molecule has 1 saturated carbocycles. The fourth-order valence-electron chi connectivity index (χ4n) is 18.6. The van der Waals surface area contributed by atoms with Crippen LogP contribution in [0.3, 0.4) is 0 Å². The summed E-state index contributed by atoms with van der Waals surface area (Å²) in [5.41, 5.74) is 8.48. The number of phenols is 1. The molecule has 12 nitrogen and oxygen atoms in total.